The fourth-order valence-corrected chi connectivity index (χ4v) is 1.62. The molecule has 0 aliphatic heterocycles. The summed E-state index contributed by atoms with van der Waals surface area (Å²) in [5.74, 6) is 0.745. The minimum Gasteiger partial charge on any atom is -0.340 e. The van der Waals surface area contributed by atoms with Crippen molar-refractivity contribution < 1.29 is 0 Å². The van der Waals surface area contributed by atoms with Crippen LogP contribution in [0.25, 0.3) is 0 Å². The van der Waals surface area contributed by atoms with Gasteiger partial charge in [-0.05, 0) is 36.8 Å². The number of benzene rings is 1. The number of anilines is 2. The van der Waals surface area contributed by atoms with Crippen molar-refractivity contribution in [3.05, 3.63) is 52.1 Å². The summed E-state index contributed by atoms with van der Waals surface area (Å²) in [4.78, 5) is 4.16. The van der Waals surface area contributed by atoms with E-state index in [0.717, 1.165) is 22.1 Å². The summed E-state index contributed by atoms with van der Waals surface area (Å²) < 4.78 is 0. The van der Waals surface area contributed by atoms with Crippen LogP contribution in [-0.2, 0) is 0 Å². The minimum atomic E-state index is 0.619. The van der Waals surface area contributed by atoms with Crippen molar-refractivity contribution in [3.63, 3.8) is 0 Å². The first-order valence-electron chi connectivity index (χ1n) is 4.80. The van der Waals surface area contributed by atoms with Crippen LogP contribution in [0, 0.1) is 6.92 Å². The standard InChI is InChI=1S/C12H10Cl2N2/c1-8-10(14)3-2-4-11(8)16-12-6-5-9(13)7-15-12/h2-7H,1H3,(H,15,16). The van der Waals surface area contributed by atoms with Gasteiger partial charge in [-0.1, -0.05) is 29.3 Å². The van der Waals surface area contributed by atoms with Gasteiger partial charge in [-0.3, -0.25) is 0 Å². The van der Waals surface area contributed by atoms with Crippen LogP contribution < -0.4 is 5.32 Å². The molecule has 0 saturated heterocycles. The molecular formula is C12H10Cl2N2. The fourth-order valence-electron chi connectivity index (χ4n) is 1.33. The molecule has 82 valence electrons. The maximum Gasteiger partial charge on any atom is 0.130 e. The summed E-state index contributed by atoms with van der Waals surface area (Å²) in [7, 11) is 0. The van der Waals surface area contributed by atoms with Gasteiger partial charge in [0.2, 0.25) is 0 Å². The highest BCUT2D eigenvalue weighted by molar-refractivity contribution is 6.31. The third kappa shape index (κ3) is 2.46. The average Bonchev–Trinajstić information content (AvgIpc) is 2.28. The monoisotopic (exact) mass is 252 g/mol. The normalized spacial score (nSPS) is 10.2. The van der Waals surface area contributed by atoms with E-state index in [-0.39, 0.29) is 0 Å². The molecule has 16 heavy (non-hydrogen) atoms. The average molecular weight is 253 g/mol. The first-order chi connectivity index (χ1) is 7.66. The molecule has 1 aromatic carbocycles. The Hall–Kier alpha value is -1.25. The van der Waals surface area contributed by atoms with Gasteiger partial charge in [0.1, 0.15) is 5.82 Å². The van der Waals surface area contributed by atoms with Crippen molar-refractivity contribution in [2.75, 3.05) is 5.32 Å². The summed E-state index contributed by atoms with van der Waals surface area (Å²) in [6.07, 6.45) is 1.60. The molecule has 0 bridgehead atoms. The Morgan fingerprint density at radius 1 is 1.12 bits per heavy atom. The second-order valence-electron chi connectivity index (χ2n) is 3.40. The van der Waals surface area contributed by atoms with Crippen LogP contribution in [0.1, 0.15) is 5.56 Å². The molecule has 1 N–H and O–H groups in total. The Labute approximate surface area is 104 Å². The van der Waals surface area contributed by atoms with Gasteiger partial charge in [0.25, 0.3) is 0 Å². The highest BCUT2D eigenvalue weighted by atomic mass is 35.5. The molecule has 0 atom stereocenters. The van der Waals surface area contributed by atoms with Crippen LogP contribution >= 0.6 is 23.2 Å². The van der Waals surface area contributed by atoms with E-state index in [0.29, 0.717) is 5.02 Å². The number of hydrogen-bond acceptors (Lipinski definition) is 2. The molecule has 2 nitrogen and oxygen atoms in total. The Balaban J connectivity index is 2.27. The Morgan fingerprint density at radius 3 is 2.62 bits per heavy atom. The lowest BCUT2D eigenvalue weighted by atomic mass is 10.2. The van der Waals surface area contributed by atoms with Crippen molar-refractivity contribution in [1.29, 1.82) is 0 Å². The van der Waals surface area contributed by atoms with E-state index in [1.165, 1.54) is 0 Å². The Bertz CT molecular complexity index is 495. The van der Waals surface area contributed by atoms with Crippen LogP contribution in [0.3, 0.4) is 0 Å². The Kier molecular flexibility index (Phi) is 3.32. The van der Waals surface area contributed by atoms with Crippen LogP contribution in [-0.4, -0.2) is 4.98 Å². The molecule has 0 saturated carbocycles. The van der Waals surface area contributed by atoms with Crippen molar-refractivity contribution >= 4 is 34.7 Å². The number of aromatic nitrogens is 1. The first-order valence-corrected chi connectivity index (χ1v) is 5.56. The van der Waals surface area contributed by atoms with E-state index < -0.39 is 0 Å². The second kappa shape index (κ2) is 4.73. The van der Waals surface area contributed by atoms with Crippen LogP contribution in [0.2, 0.25) is 10.0 Å². The van der Waals surface area contributed by atoms with Gasteiger partial charge in [0.15, 0.2) is 0 Å². The summed E-state index contributed by atoms with van der Waals surface area (Å²) in [5, 5.41) is 4.54. The third-order valence-corrected chi connectivity index (χ3v) is 2.89. The molecule has 0 unspecified atom stereocenters. The zero-order valence-corrected chi connectivity index (χ0v) is 10.2. The van der Waals surface area contributed by atoms with Crippen molar-refractivity contribution in [2.24, 2.45) is 0 Å². The van der Waals surface area contributed by atoms with Crippen LogP contribution in [0.4, 0.5) is 11.5 Å². The van der Waals surface area contributed by atoms with Gasteiger partial charge < -0.3 is 5.32 Å². The van der Waals surface area contributed by atoms with Crippen LogP contribution in [0.5, 0.6) is 0 Å². The van der Waals surface area contributed by atoms with E-state index in [1.54, 1.807) is 12.3 Å². The number of pyridine rings is 1. The minimum absolute atomic E-state index is 0.619. The van der Waals surface area contributed by atoms with Gasteiger partial charge in [0.05, 0.1) is 5.02 Å². The summed E-state index contributed by atoms with van der Waals surface area (Å²) >= 11 is 11.8. The fraction of sp³-hybridized carbons (Fsp3) is 0.0833. The number of nitrogens with one attached hydrogen (secondary N) is 1. The number of hydrogen-bond donors (Lipinski definition) is 1. The van der Waals surface area contributed by atoms with E-state index in [1.807, 2.05) is 31.2 Å². The summed E-state index contributed by atoms with van der Waals surface area (Å²) in [6, 6.07) is 9.32. The maximum atomic E-state index is 6.02. The van der Waals surface area contributed by atoms with Gasteiger partial charge in [-0.15, -0.1) is 0 Å². The first kappa shape index (κ1) is 11.2. The third-order valence-electron chi connectivity index (χ3n) is 2.26. The second-order valence-corrected chi connectivity index (χ2v) is 4.24. The molecule has 4 heteroatoms. The maximum absolute atomic E-state index is 6.02. The van der Waals surface area contributed by atoms with E-state index in [4.69, 9.17) is 23.2 Å². The van der Waals surface area contributed by atoms with Crippen molar-refractivity contribution in [3.8, 4) is 0 Å². The van der Waals surface area contributed by atoms with E-state index in [9.17, 15) is 0 Å². The van der Waals surface area contributed by atoms with Gasteiger partial charge in [-0.2, -0.15) is 0 Å². The topological polar surface area (TPSA) is 24.9 Å². The largest absolute Gasteiger partial charge is 0.340 e. The highest BCUT2D eigenvalue weighted by Crippen LogP contribution is 2.25. The predicted molar refractivity (Wildman–Crippen MR) is 68.7 cm³/mol. The summed E-state index contributed by atoms with van der Waals surface area (Å²) in [6.45, 7) is 1.96. The molecule has 0 aliphatic rings. The highest BCUT2D eigenvalue weighted by Gasteiger charge is 2.02. The van der Waals surface area contributed by atoms with Crippen molar-refractivity contribution in [2.45, 2.75) is 6.92 Å². The number of rotatable bonds is 2. The lowest BCUT2D eigenvalue weighted by Crippen LogP contribution is -1.95. The van der Waals surface area contributed by atoms with Crippen molar-refractivity contribution in [1.82, 2.24) is 4.98 Å². The molecule has 2 aromatic rings. The van der Waals surface area contributed by atoms with Crippen LogP contribution in [0.15, 0.2) is 36.5 Å². The lowest BCUT2D eigenvalue weighted by Gasteiger charge is -2.09. The molecule has 1 heterocycles. The van der Waals surface area contributed by atoms with Gasteiger partial charge >= 0.3 is 0 Å². The zero-order valence-electron chi connectivity index (χ0n) is 8.67. The Morgan fingerprint density at radius 2 is 1.94 bits per heavy atom. The number of halogens is 2. The van der Waals surface area contributed by atoms with E-state index >= 15 is 0 Å². The molecule has 0 aliphatic carbocycles. The number of nitrogens with zero attached hydrogens (tertiary/aromatic N) is 1. The van der Waals surface area contributed by atoms with Gasteiger partial charge in [0, 0.05) is 16.9 Å². The molecule has 0 fully saturated rings. The summed E-state index contributed by atoms with van der Waals surface area (Å²) in [5.41, 5.74) is 1.95. The smallest absolute Gasteiger partial charge is 0.130 e. The molecule has 0 spiro atoms. The molecule has 2 rings (SSSR count). The lowest BCUT2D eigenvalue weighted by molar-refractivity contribution is 1.30. The molecule has 0 radical (unpaired) electrons. The van der Waals surface area contributed by atoms with Gasteiger partial charge in [-0.25, -0.2) is 4.98 Å². The quantitative estimate of drug-likeness (QED) is 0.855. The predicted octanol–water partition coefficient (Wildman–Crippen LogP) is 4.44. The molecule has 0 amide bonds. The zero-order chi connectivity index (χ0) is 11.5. The SMILES string of the molecule is Cc1c(Cl)cccc1Nc1ccc(Cl)cn1. The van der Waals surface area contributed by atoms with E-state index in [2.05, 4.69) is 10.3 Å². The molecule has 1 aromatic heterocycles. The molecular weight excluding hydrogens is 243 g/mol.